The number of ether oxygens (including phenoxy) is 1. The minimum absolute atomic E-state index is 0.0230. The second-order valence-electron chi connectivity index (χ2n) is 4.77. The highest BCUT2D eigenvalue weighted by molar-refractivity contribution is 6.32. The van der Waals surface area contributed by atoms with Crippen LogP contribution in [0.4, 0.5) is 5.69 Å². The quantitative estimate of drug-likeness (QED) is 0.867. The molecule has 0 aliphatic carbocycles. The number of benzene rings is 1. The monoisotopic (exact) mass is 282 g/mol. The first-order valence-electron chi connectivity index (χ1n) is 6.62. The van der Waals surface area contributed by atoms with Crippen LogP contribution in [0.3, 0.4) is 0 Å². The highest BCUT2D eigenvalue weighted by Crippen LogP contribution is 2.26. The van der Waals surface area contributed by atoms with Gasteiger partial charge in [-0.3, -0.25) is 4.79 Å². The Labute approximate surface area is 118 Å². The number of amides is 1. The molecule has 2 rings (SSSR count). The Morgan fingerprint density at radius 3 is 2.58 bits per heavy atom. The van der Waals surface area contributed by atoms with Gasteiger partial charge >= 0.3 is 0 Å². The normalized spacial score (nSPS) is 15.9. The van der Waals surface area contributed by atoms with Crippen molar-refractivity contribution < 1.29 is 9.53 Å². The fourth-order valence-corrected chi connectivity index (χ4v) is 2.43. The average Bonchev–Trinajstić information content (AvgIpc) is 2.66. The van der Waals surface area contributed by atoms with Gasteiger partial charge in [-0.2, -0.15) is 0 Å². The molecular weight excluding hydrogens is 264 g/mol. The molecule has 0 saturated carbocycles. The Hall–Kier alpha value is -1.42. The summed E-state index contributed by atoms with van der Waals surface area (Å²) in [6, 6.07) is 5.01. The Balaban J connectivity index is 1.88. The molecule has 5 heteroatoms. The van der Waals surface area contributed by atoms with Gasteiger partial charge in [0.1, 0.15) is 5.75 Å². The summed E-state index contributed by atoms with van der Waals surface area (Å²) in [5.41, 5.74) is 6.18. The van der Waals surface area contributed by atoms with Crippen molar-refractivity contribution in [2.24, 2.45) is 0 Å². The molecule has 104 valence electrons. The molecule has 2 N–H and O–H groups in total. The third-order valence-corrected chi connectivity index (χ3v) is 3.56. The molecule has 1 heterocycles. The number of likely N-dealkylation sites (tertiary alicyclic amines) is 1. The van der Waals surface area contributed by atoms with Crippen molar-refractivity contribution in [3.63, 3.8) is 0 Å². The minimum atomic E-state index is 0.0230. The van der Waals surface area contributed by atoms with Crippen LogP contribution in [0.2, 0.25) is 5.02 Å². The van der Waals surface area contributed by atoms with E-state index in [0.717, 1.165) is 25.9 Å². The summed E-state index contributed by atoms with van der Waals surface area (Å²) in [6.45, 7) is 1.69. The van der Waals surface area contributed by atoms with Gasteiger partial charge in [0, 0.05) is 18.8 Å². The molecule has 1 saturated heterocycles. The van der Waals surface area contributed by atoms with E-state index in [1.165, 1.54) is 12.8 Å². The van der Waals surface area contributed by atoms with Crippen LogP contribution in [-0.4, -0.2) is 30.5 Å². The summed E-state index contributed by atoms with van der Waals surface area (Å²) in [5.74, 6) is 0.522. The van der Waals surface area contributed by atoms with Crippen LogP contribution in [0.25, 0.3) is 0 Å². The van der Waals surface area contributed by atoms with Crippen LogP contribution in [0.1, 0.15) is 25.7 Å². The maximum Gasteiger partial charge on any atom is 0.260 e. The van der Waals surface area contributed by atoms with Crippen molar-refractivity contribution >= 4 is 23.2 Å². The number of carbonyl (C=O) groups excluding carboxylic acids is 1. The standard InChI is InChI=1S/C14H19ClN2O2/c15-12-9-11(16)5-6-13(12)19-10-14(18)17-7-3-1-2-4-8-17/h5-6,9H,1-4,7-8,10,16H2. The number of rotatable bonds is 3. The lowest BCUT2D eigenvalue weighted by Crippen LogP contribution is -2.35. The van der Waals surface area contributed by atoms with E-state index in [4.69, 9.17) is 22.1 Å². The first-order valence-corrected chi connectivity index (χ1v) is 7.00. The number of hydrogen-bond donors (Lipinski definition) is 1. The van der Waals surface area contributed by atoms with Crippen molar-refractivity contribution in [1.82, 2.24) is 4.90 Å². The number of carbonyl (C=O) groups is 1. The van der Waals surface area contributed by atoms with Gasteiger partial charge < -0.3 is 15.4 Å². The van der Waals surface area contributed by atoms with Crippen LogP contribution in [0.15, 0.2) is 18.2 Å². The van der Waals surface area contributed by atoms with Gasteiger partial charge in [-0.05, 0) is 31.0 Å². The van der Waals surface area contributed by atoms with E-state index in [1.54, 1.807) is 18.2 Å². The van der Waals surface area contributed by atoms with Gasteiger partial charge in [0.25, 0.3) is 5.91 Å². The molecule has 19 heavy (non-hydrogen) atoms. The Kier molecular flexibility index (Phi) is 4.91. The topological polar surface area (TPSA) is 55.6 Å². The lowest BCUT2D eigenvalue weighted by molar-refractivity contribution is -0.133. The predicted molar refractivity (Wildman–Crippen MR) is 76.4 cm³/mol. The summed E-state index contributed by atoms with van der Waals surface area (Å²) in [6.07, 6.45) is 4.56. The lowest BCUT2D eigenvalue weighted by atomic mass is 10.2. The predicted octanol–water partition coefficient (Wildman–Crippen LogP) is 2.70. The zero-order chi connectivity index (χ0) is 13.7. The van der Waals surface area contributed by atoms with Crippen LogP contribution < -0.4 is 10.5 Å². The van der Waals surface area contributed by atoms with E-state index in [-0.39, 0.29) is 12.5 Å². The second-order valence-corrected chi connectivity index (χ2v) is 5.18. The molecule has 0 aromatic heterocycles. The third-order valence-electron chi connectivity index (χ3n) is 3.27. The maximum atomic E-state index is 12.0. The van der Waals surface area contributed by atoms with E-state index < -0.39 is 0 Å². The van der Waals surface area contributed by atoms with Crippen LogP contribution >= 0.6 is 11.6 Å². The molecule has 1 amide bonds. The summed E-state index contributed by atoms with van der Waals surface area (Å²) in [4.78, 5) is 13.9. The largest absolute Gasteiger partial charge is 0.482 e. The van der Waals surface area contributed by atoms with E-state index >= 15 is 0 Å². The number of nitrogens with zero attached hydrogens (tertiary/aromatic N) is 1. The van der Waals surface area contributed by atoms with Gasteiger partial charge in [0.05, 0.1) is 5.02 Å². The summed E-state index contributed by atoms with van der Waals surface area (Å²) < 4.78 is 5.47. The molecule has 0 spiro atoms. The number of anilines is 1. The van der Waals surface area contributed by atoms with Crippen LogP contribution in [-0.2, 0) is 4.79 Å². The molecule has 1 aliphatic rings. The van der Waals surface area contributed by atoms with Gasteiger partial charge in [-0.25, -0.2) is 0 Å². The van der Waals surface area contributed by atoms with Gasteiger partial charge in [-0.1, -0.05) is 24.4 Å². The zero-order valence-electron chi connectivity index (χ0n) is 10.9. The molecular formula is C14H19ClN2O2. The fourth-order valence-electron chi connectivity index (χ4n) is 2.19. The Bertz CT molecular complexity index is 443. The number of nitrogens with two attached hydrogens (primary N) is 1. The molecule has 0 unspecified atom stereocenters. The Morgan fingerprint density at radius 2 is 1.95 bits per heavy atom. The molecule has 1 aliphatic heterocycles. The minimum Gasteiger partial charge on any atom is -0.482 e. The molecule has 0 radical (unpaired) electrons. The van der Waals surface area contributed by atoms with Crippen molar-refractivity contribution in [3.8, 4) is 5.75 Å². The van der Waals surface area contributed by atoms with E-state index in [1.807, 2.05) is 4.90 Å². The summed E-state index contributed by atoms with van der Waals surface area (Å²) in [5, 5.41) is 0.434. The third kappa shape index (κ3) is 4.03. The molecule has 0 bridgehead atoms. The number of halogens is 1. The van der Waals surface area contributed by atoms with E-state index in [2.05, 4.69) is 0 Å². The van der Waals surface area contributed by atoms with E-state index in [9.17, 15) is 4.79 Å². The van der Waals surface area contributed by atoms with Crippen LogP contribution in [0, 0.1) is 0 Å². The molecule has 1 aromatic rings. The van der Waals surface area contributed by atoms with Crippen molar-refractivity contribution in [2.45, 2.75) is 25.7 Å². The lowest BCUT2D eigenvalue weighted by Gasteiger charge is -2.20. The van der Waals surface area contributed by atoms with Crippen molar-refractivity contribution in [2.75, 3.05) is 25.4 Å². The maximum absolute atomic E-state index is 12.0. The Morgan fingerprint density at radius 1 is 1.26 bits per heavy atom. The average molecular weight is 283 g/mol. The van der Waals surface area contributed by atoms with Gasteiger partial charge in [0.2, 0.25) is 0 Å². The highest BCUT2D eigenvalue weighted by atomic mass is 35.5. The van der Waals surface area contributed by atoms with Gasteiger partial charge in [-0.15, -0.1) is 0 Å². The highest BCUT2D eigenvalue weighted by Gasteiger charge is 2.16. The first kappa shape index (κ1) is 14.0. The summed E-state index contributed by atoms with van der Waals surface area (Å²) in [7, 11) is 0. The van der Waals surface area contributed by atoms with Crippen LogP contribution in [0.5, 0.6) is 5.75 Å². The van der Waals surface area contributed by atoms with Gasteiger partial charge in [0.15, 0.2) is 6.61 Å². The number of hydrogen-bond acceptors (Lipinski definition) is 3. The fraction of sp³-hybridized carbons (Fsp3) is 0.500. The molecule has 1 aromatic carbocycles. The second kappa shape index (κ2) is 6.66. The zero-order valence-corrected chi connectivity index (χ0v) is 11.7. The molecule has 1 fully saturated rings. The first-order chi connectivity index (χ1) is 9.16. The van der Waals surface area contributed by atoms with E-state index in [0.29, 0.717) is 16.5 Å². The SMILES string of the molecule is Nc1ccc(OCC(=O)N2CCCCCC2)c(Cl)c1. The van der Waals surface area contributed by atoms with Crippen molar-refractivity contribution in [3.05, 3.63) is 23.2 Å². The molecule has 4 nitrogen and oxygen atoms in total. The summed E-state index contributed by atoms with van der Waals surface area (Å²) >= 11 is 5.99. The smallest absolute Gasteiger partial charge is 0.260 e. The van der Waals surface area contributed by atoms with Crippen molar-refractivity contribution in [1.29, 1.82) is 0 Å². The number of nitrogen functional groups attached to an aromatic ring is 1. The molecule has 0 atom stereocenters.